The number of halogens is 2. The van der Waals surface area contributed by atoms with Gasteiger partial charge in [-0.05, 0) is 42.0 Å². The minimum absolute atomic E-state index is 0.0492. The Kier molecular flexibility index (Phi) is 5.47. The van der Waals surface area contributed by atoms with Crippen LogP contribution in [0.5, 0.6) is 0 Å². The van der Waals surface area contributed by atoms with Crippen molar-refractivity contribution in [1.82, 2.24) is 15.2 Å². The molecule has 0 aliphatic rings. The third-order valence-electron chi connectivity index (χ3n) is 4.35. The normalized spacial score (nSPS) is 11.1. The second-order valence-corrected chi connectivity index (χ2v) is 6.49. The van der Waals surface area contributed by atoms with Gasteiger partial charge >= 0.3 is 0 Å². The van der Waals surface area contributed by atoms with Crippen LogP contribution in [-0.2, 0) is 4.79 Å². The molecule has 8 heteroatoms. The molecule has 2 heterocycles. The minimum atomic E-state index is -0.577. The molecule has 0 saturated heterocycles. The van der Waals surface area contributed by atoms with Crippen molar-refractivity contribution in [2.24, 2.45) is 0 Å². The van der Waals surface area contributed by atoms with Crippen molar-refractivity contribution in [1.29, 1.82) is 0 Å². The maximum atomic E-state index is 14.4. The van der Waals surface area contributed by atoms with E-state index in [1.807, 2.05) is 0 Å². The van der Waals surface area contributed by atoms with E-state index in [4.69, 9.17) is 0 Å². The van der Waals surface area contributed by atoms with Gasteiger partial charge in [0.2, 0.25) is 5.91 Å². The van der Waals surface area contributed by atoms with E-state index in [1.54, 1.807) is 48.7 Å². The first-order valence-electron chi connectivity index (χ1n) is 9.14. The van der Waals surface area contributed by atoms with Gasteiger partial charge < -0.3 is 10.6 Å². The van der Waals surface area contributed by atoms with Crippen LogP contribution in [0.3, 0.4) is 0 Å². The van der Waals surface area contributed by atoms with Crippen molar-refractivity contribution in [2.45, 2.75) is 0 Å². The van der Waals surface area contributed by atoms with Crippen molar-refractivity contribution in [2.75, 3.05) is 17.2 Å². The standard InChI is InChI=1S/C22H17F2N5O/c23-15-7-4-14(5-8-15)6-9-18-16-11-20(17(24)12-19(16)29-28-18)27-22(30)13-26-21-3-1-2-10-25-21/h1-12H,13H2,(H,25,26)(H,27,30)(H,28,29). The number of nitrogens with one attached hydrogen (secondary N) is 3. The van der Waals surface area contributed by atoms with Crippen LogP contribution >= 0.6 is 0 Å². The lowest BCUT2D eigenvalue weighted by molar-refractivity contribution is -0.114. The lowest BCUT2D eigenvalue weighted by atomic mass is 10.1. The summed E-state index contributed by atoms with van der Waals surface area (Å²) >= 11 is 0. The smallest absolute Gasteiger partial charge is 0.243 e. The molecule has 0 bridgehead atoms. The molecular weight excluding hydrogens is 388 g/mol. The maximum absolute atomic E-state index is 14.4. The summed E-state index contributed by atoms with van der Waals surface area (Å²) < 4.78 is 27.4. The van der Waals surface area contributed by atoms with Crippen molar-refractivity contribution in [3.63, 3.8) is 0 Å². The van der Waals surface area contributed by atoms with Gasteiger partial charge in [0.15, 0.2) is 0 Å². The number of aromatic nitrogens is 3. The Morgan fingerprint density at radius 2 is 1.90 bits per heavy atom. The van der Waals surface area contributed by atoms with Crippen LogP contribution in [0.25, 0.3) is 23.1 Å². The van der Waals surface area contributed by atoms with Gasteiger partial charge in [-0.2, -0.15) is 5.10 Å². The molecular formula is C22H17F2N5O. The predicted molar refractivity (Wildman–Crippen MR) is 113 cm³/mol. The molecule has 0 aliphatic carbocycles. The fourth-order valence-corrected chi connectivity index (χ4v) is 2.86. The van der Waals surface area contributed by atoms with E-state index >= 15 is 0 Å². The molecule has 1 amide bonds. The fourth-order valence-electron chi connectivity index (χ4n) is 2.86. The lowest BCUT2D eigenvalue weighted by Crippen LogP contribution is -2.22. The summed E-state index contributed by atoms with van der Waals surface area (Å²) in [4.78, 5) is 16.3. The molecule has 2 aromatic carbocycles. The number of benzene rings is 2. The van der Waals surface area contributed by atoms with E-state index in [9.17, 15) is 13.6 Å². The van der Waals surface area contributed by atoms with Crippen LogP contribution in [0.4, 0.5) is 20.3 Å². The zero-order valence-corrected chi connectivity index (χ0v) is 15.7. The summed E-state index contributed by atoms with van der Waals surface area (Å²) in [7, 11) is 0. The Bertz CT molecular complexity index is 1200. The number of hydrogen-bond donors (Lipinski definition) is 3. The molecule has 0 atom stereocenters. The number of H-pyrrole nitrogens is 1. The highest BCUT2D eigenvalue weighted by atomic mass is 19.1. The second kappa shape index (κ2) is 8.52. The molecule has 0 unspecified atom stereocenters. The first-order valence-corrected chi connectivity index (χ1v) is 9.14. The van der Waals surface area contributed by atoms with Crippen molar-refractivity contribution in [3.05, 3.63) is 83.7 Å². The number of anilines is 2. The Morgan fingerprint density at radius 1 is 1.07 bits per heavy atom. The van der Waals surface area contributed by atoms with Gasteiger partial charge in [0, 0.05) is 17.6 Å². The number of rotatable bonds is 6. The average Bonchev–Trinajstić information content (AvgIpc) is 3.14. The third-order valence-corrected chi connectivity index (χ3v) is 4.35. The summed E-state index contributed by atoms with van der Waals surface area (Å²) in [5.41, 5.74) is 1.91. The van der Waals surface area contributed by atoms with Crippen molar-refractivity contribution in [3.8, 4) is 0 Å². The van der Waals surface area contributed by atoms with Gasteiger partial charge in [0.25, 0.3) is 0 Å². The van der Waals surface area contributed by atoms with E-state index in [0.29, 0.717) is 22.4 Å². The molecule has 0 spiro atoms. The fraction of sp³-hybridized carbons (Fsp3) is 0.0455. The number of carbonyl (C=O) groups is 1. The summed E-state index contributed by atoms with van der Waals surface area (Å²) in [5.74, 6) is -0.755. The first-order chi connectivity index (χ1) is 14.6. The van der Waals surface area contributed by atoms with Crippen molar-refractivity contribution < 1.29 is 13.6 Å². The van der Waals surface area contributed by atoms with Crippen LogP contribution in [0.2, 0.25) is 0 Å². The lowest BCUT2D eigenvalue weighted by Gasteiger charge is -2.08. The zero-order valence-electron chi connectivity index (χ0n) is 15.7. The molecule has 0 aliphatic heterocycles. The molecule has 6 nitrogen and oxygen atoms in total. The molecule has 2 aromatic heterocycles. The minimum Gasteiger partial charge on any atom is -0.361 e. The van der Waals surface area contributed by atoms with Gasteiger partial charge in [-0.25, -0.2) is 13.8 Å². The van der Waals surface area contributed by atoms with E-state index in [2.05, 4.69) is 25.8 Å². The van der Waals surface area contributed by atoms with Gasteiger partial charge in [-0.15, -0.1) is 0 Å². The van der Waals surface area contributed by atoms with Crippen LogP contribution in [0, 0.1) is 11.6 Å². The number of aromatic amines is 1. The molecule has 30 heavy (non-hydrogen) atoms. The van der Waals surface area contributed by atoms with Crippen LogP contribution in [0.1, 0.15) is 11.3 Å². The molecule has 0 radical (unpaired) electrons. The summed E-state index contributed by atoms with van der Waals surface area (Å²) in [6.07, 6.45) is 5.11. The highest BCUT2D eigenvalue weighted by Crippen LogP contribution is 2.25. The SMILES string of the molecule is O=C(CNc1ccccn1)Nc1cc2c(C=Cc3ccc(F)cc3)n[nH]c2cc1F. The van der Waals surface area contributed by atoms with Gasteiger partial charge in [-0.1, -0.05) is 24.3 Å². The second-order valence-electron chi connectivity index (χ2n) is 6.49. The van der Waals surface area contributed by atoms with Gasteiger partial charge in [0.1, 0.15) is 17.5 Å². The number of amides is 1. The Labute approximate surface area is 170 Å². The van der Waals surface area contributed by atoms with E-state index in [1.165, 1.54) is 24.3 Å². The highest BCUT2D eigenvalue weighted by Gasteiger charge is 2.12. The van der Waals surface area contributed by atoms with E-state index in [0.717, 1.165) is 5.56 Å². The predicted octanol–water partition coefficient (Wildman–Crippen LogP) is 4.46. The number of fused-ring (bicyclic) bond motifs is 1. The first kappa shape index (κ1) is 19.3. The van der Waals surface area contributed by atoms with Gasteiger partial charge in [-0.3, -0.25) is 9.89 Å². The molecule has 4 rings (SSSR count). The Morgan fingerprint density at radius 3 is 2.67 bits per heavy atom. The van der Waals surface area contributed by atoms with Crippen LogP contribution < -0.4 is 10.6 Å². The number of carbonyl (C=O) groups excluding carboxylic acids is 1. The summed E-state index contributed by atoms with van der Waals surface area (Å²) in [6.45, 7) is -0.0583. The van der Waals surface area contributed by atoms with Crippen LogP contribution in [-0.4, -0.2) is 27.6 Å². The molecule has 0 saturated carbocycles. The maximum Gasteiger partial charge on any atom is 0.243 e. The van der Waals surface area contributed by atoms with Crippen LogP contribution in [0.15, 0.2) is 60.8 Å². The monoisotopic (exact) mass is 405 g/mol. The molecule has 4 aromatic rings. The van der Waals surface area contributed by atoms with E-state index < -0.39 is 11.7 Å². The quantitative estimate of drug-likeness (QED) is 0.442. The van der Waals surface area contributed by atoms with Gasteiger partial charge in [0.05, 0.1) is 23.4 Å². The molecule has 3 N–H and O–H groups in total. The summed E-state index contributed by atoms with van der Waals surface area (Å²) in [5, 5.41) is 13.0. The Balaban J connectivity index is 1.51. The highest BCUT2D eigenvalue weighted by molar-refractivity contribution is 5.98. The number of pyridine rings is 1. The molecule has 150 valence electrons. The zero-order chi connectivity index (χ0) is 20.9. The van der Waals surface area contributed by atoms with E-state index in [-0.39, 0.29) is 18.0 Å². The topological polar surface area (TPSA) is 82.7 Å². The average molecular weight is 405 g/mol. The summed E-state index contributed by atoms with van der Waals surface area (Å²) in [6, 6.07) is 14.1. The Hall–Kier alpha value is -4.07. The number of hydrogen-bond acceptors (Lipinski definition) is 4. The third kappa shape index (κ3) is 4.49. The largest absolute Gasteiger partial charge is 0.361 e. The molecule has 0 fully saturated rings. The number of nitrogens with zero attached hydrogens (tertiary/aromatic N) is 2. The van der Waals surface area contributed by atoms with Crippen molar-refractivity contribution >= 4 is 40.5 Å².